The van der Waals surface area contributed by atoms with Gasteiger partial charge in [0.2, 0.25) is 11.8 Å². The summed E-state index contributed by atoms with van der Waals surface area (Å²) in [5.74, 6) is 1.22. The molecule has 7 nitrogen and oxygen atoms in total. The van der Waals surface area contributed by atoms with E-state index in [2.05, 4.69) is 15.4 Å². The number of ether oxygens (including phenoxy) is 2. The quantitative estimate of drug-likeness (QED) is 0.747. The van der Waals surface area contributed by atoms with Gasteiger partial charge in [0.1, 0.15) is 11.3 Å². The molecule has 3 aromatic rings. The summed E-state index contributed by atoms with van der Waals surface area (Å²) in [5.41, 5.74) is 1.30. The topological polar surface area (TPSA) is 78.3 Å². The van der Waals surface area contributed by atoms with Crippen LogP contribution in [0.25, 0.3) is 0 Å². The first-order valence-electron chi connectivity index (χ1n) is 7.69. The Balaban J connectivity index is 1.65. The van der Waals surface area contributed by atoms with Gasteiger partial charge < -0.3 is 14.8 Å². The molecule has 7 heteroatoms. The van der Waals surface area contributed by atoms with E-state index in [-0.39, 0.29) is 5.91 Å². The number of aryl methyl sites for hydroxylation is 1. The number of hydrogen-bond acceptors (Lipinski definition) is 5. The highest BCUT2D eigenvalue weighted by molar-refractivity contribution is 5.96. The number of pyridine rings is 1. The van der Waals surface area contributed by atoms with E-state index < -0.39 is 0 Å². The maximum absolute atomic E-state index is 12.3. The second kappa shape index (κ2) is 7.48. The summed E-state index contributed by atoms with van der Waals surface area (Å²) in [4.78, 5) is 16.4. The van der Waals surface area contributed by atoms with E-state index in [0.29, 0.717) is 29.6 Å². The summed E-state index contributed by atoms with van der Waals surface area (Å²) in [6, 6.07) is 12.9. The molecule has 2 heterocycles. The highest BCUT2D eigenvalue weighted by atomic mass is 16.5. The van der Waals surface area contributed by atoms with E-state index in [1.54, 1.807) is 25.5 Å². The van der Waals surface area contributed by atoms with Crippen molar-refractivity contribution in [2.24, 2.45) is 7.05 Å². The van der Waals surface area contributed by atoms with E-state index in [0.717, 1.165) is 5.56 Å². The fourth-order valence-electron chi connectivity index (χ4n) is 2.30. The molecule has 0 atom stereocenters. The van der Waals surface area contributed by atoms with Crippen molar-refractivity contribution in [3.05, 3.63) is 66.0 Å². The molecular weight excluding hydrogens is 320 g/mol. The lowest BCUT2D eigenvalue weighted by atomic mass is 10.2. The zero-order valence-electron chi connectivity index (χ0n) is 14.0. The van der Waals surface area contributed by atoms with Gasteiger partial charge >= 0.3 is 0 Å². The van der Waals surface area contributed by atoms with Gasteiger partial charge in [0.25, 0.3) is 5.91 Å². The Morgan fingerprint density at radius 2 is 2.12 bits per heavy atom. The Morgan fingerprint density at radius 1 is 1.24 bits per heavy atom. The van der Waals surface area contributed by atoms with Gasteiger partial charge in [-0.1, -0.05) is 18.2 Å². The number of nitrogens with zero attached hydrogens (tertiary/aromatic N) is 3. The number of carbonyl (C=O) groups excluding carboxylic acids is 1. The lowest BCUT2D eigenvalue weighted by Gasteiger charge is -2.08. The molecule has 1 amide bonds. The van der Waals surface area contributed by atoms with Crippen LogP contribution in [0.3, 0.4) is 0 Å². The Kier molecular flexibility index (Phi) is 4.94. The van der Waals surface area contributed by atoms with Crippen molar-refractivity contribution >= 4 is 5.91 Å². The van der Waals surface area contributed by atoms with Gasteiger partial charge in [0.15, 0.2) is 0 Å². The lowest BCUT2D eigenvalue weighted by Crippen LogP contribution is -2.22. The second-order valence-corrected chi connectivity index (χ2v) is 5.33. The van der Waals surface area contributed by atoms with Gasteiger partial charge in [-0.2, -0.15) is 0 Å². The third-order valence-corrected chi connectivity index (χ3v) is 3.44. The first-order chi connectivity index (χ1) is 12.2. The van der Waals surface area contributed by atoms with Crippen molar-refractivity contribution in [1.29, 1.82) is 0 Å². The van der Waals surface area contributed by atoms with Crippen LogP contribution in [0.2, 0.25) is 0 Å². The monoisotopic (exact) mass is 338 g/mol. The van der Waals surface area contributed by atoms with Crippen molar-refractivity contribution in [3.63, 3.8) is 0 Å². The maximum atomic E-state index is 12.3. The molecule has 0 saturated carbocycles. The number of amides is 1. The molecule has 1 aromatic carbocycles. The number of nitrogens with one attached hydrogen (secondary N) is 1. The SMILES string of the molecule is COc1nn(C)cc1C(=O)NCc1cccc(Oc2ccccn2)c1. The Labute approximate surface area is 145 Å². The van der Waals surface area contributed by atoms with Crippen LogP contribution < -0.4 is 14.8 Å². The van der Waals surface area contributed by atoms with Crippen LogP contribution in [0.15, 0.2) is 54.9 Å². The minimum atomic E-state index is -0.249. The molecule has 128 valence electrons. The van der Waals surface area contributed by atoms with Crippen molar-refractivity contribution in [2.75, 3.05) is 7.11 Å². The maximum Gasteiger partial charge on any atom is 0.258 e. The van der Waals surface area contributed by atoms with E-state index in [4.69, 9.17) is 9.47 Å². The van der Waals surface area contributed by atoms with Crippen LogP contribution in [0.5, 0.6) is 17.5 Å². The predicted molar refractivity (Wildman–Crippen MR) is 91.7 cm³/mol. The number of carbonyl (C=O) groups is 1. The molecule has 0 fully saturated rings. The lowest BCUT2D eigenvalue weighted by molar-refractivity contribution is 0.0947. The smallest absolute Gasteiger partial charge is 0.258 e. The van der Waals surface area contributed by atoms with Gasteiger partial charge in [-0.15, -0.1) is 5.10 Å². The average molecular weight is 338 g/mol. The standard InChI is InChI=1S/C18H18N4O3/c1-22-12-15(18(21-22)24-2)17(23)20-11-13-6-5-7-14(10-13)25-16-8-3-4-9-19-16/h3-10,12H,11H2,1-2H3,(H,20,23). The fraction of sp³-hybridized carbons (Fsp3) is 0.167. The van der Waals surface area contributed by atoms with E-state index >= 15 is 0 Å². The molecular formula is C18H18N4O3. The van der Waals surface area contributed by atoms with Gasteiger partial charge in [-0.25, -0.2) is 4.98 Å². The first kappa shape index (κ1) is 16.5. The molecule has 2 aromatic heterocycles. The van der Waals surface area contributed by atoms with Crippen molar-refractivity contribution in [3.8, 4) is 17.5 Å². The second-order valence-electron chi connectivity index (χ2n) is 5.33. The highest BCUT2D eigenvalue weighted by Crippen LogP contribution is 2.20. The third kappa shape index (κ3) is 4.14. The zero-order chi connectivity index (χ0) is 17.6. The molecule has 0 bridgehead atoms. The molecule has 0 aliphatic rings. The molecule has 0 aliphatic carbocycles. The average Bonchev–Trinajstić information content (AvgIpc) is 3.02. The molecule has 3 rings (SSSR count). The van der Waals surface area contributed by atoms with Gasteiger partial charge in [0.05, 0.1) is 7.11 Å². The summed E-state index contributed by atoms with van der Waals surface area (Å²) in [5, 5.41) is 6.92. The first-order valence-corrected chi connectivity index (χ1v) is 7.69. The molecule has 25 heavy (non-hydrogen) atoms. The molecule has 0 unspecified atom stereocenters. The Hall–Kier alpha value is -3.35. The number of methoxy groups -OCH3 is 1. The van der Waals surface area contributed by atoms with E-state index in [1.165, 1.54) is 11.8 Å². The number of rotatable bonds is 6. The fourth-order valence-corrected chi connectivity index (χ4v) is 2.30. The van der Waals surface area contributed by atoms with Crippen LogP contribution in [-0.2, 0) is 13.6 Å². The minimum absolute atomic E-state index is 0.249. The normalized spacial score (nSPS) is 10.3. The number of aromatic nitrogens is 3. The van der Waals surface area contributed by atoms with Crippen LogP contribution in [0.4, 0.5) is 0 Å². The Bertz CT molecular complexity index is 862. The largest absolute Gasteiger partial charge is 0.479 e. The molecule has 0 radical (unpaired) electrons. The zero-order valence-corrected chi connectivity index (χ0v) is 14.0. The summed E-state index contributed by atoms with van der Waals surface area (Å²) in [7, 11) is 3.22. The summed E-state index contributed by atoms with van der Waals surface area (Å²) in [6.07, 6.45) is 3.29. The van der Waals surface area contributed by atoms with Gasteiger partial charge in [-0.05, 0) is 23.8 Å². The molecule has 0 spiro atoms. The Morgan fingerprint density at radius 3 is 2.88 bits per heavy atom. The predicted octanol–water partition coefficient (Wildman–Crippen LogP) is 2.55. The van der Waals surface area contributed by atoms with Crippen LogP contribution in [0, 0.1) is 0 Å². The van der Waals surface area contributed by atoms with Crippen molar-refractivity contribution in [2.45, 2.75) is 6.54 Å². The van der Waals surface area contributed by atoms with E-state index in [1.807, 2.05) is 36.4 Å². The van der Waals surface area contributed by atoms with Gasteiger partial charge in [-0.3, -0.25) is 9.48 Å². The molecule has 0 aliphatic heterocycles. The minimum Gasteiger partial charge on any atom is -0.479 e. The van der Waals surface area contributed by atoms with Crippen LogP contribution in [-0.4, -0.2) is 27.8 Å². The summed E-state index contributed by atoms with van der Waals surface area (Å²) < 4.78 is 12.3. The highest BCUT2D eigenvalue weighted by Gasteiger charge is 2.15. The molecule has 0 saturated heterocycles. The van der Waals surface area contributed by atoms with Crippen molar-refractivity contribution < 1.29 is 14.3 Å². The van der Waals surface area contributed by atoms with Crippen molar-refractivity contribution in [1.82, 2.24) is 20.1 Å². The van der Waals surface area contributed by atoms with Crippen LogP contribution >= 0.6 is 0 Å². The summed E-state index contributed by atoms with van der Waals surface area (Å²) >= 11 is 0. The van der Waals surface area contributed by atoms with Gasteiger partial charge in [0, 0.05) is 32.1 Å². The number of hydrogen-bond donors (Lipinski definition) is 1. The summed E-state index contributed by atoms with van der Waals surface area (Å²) in [6.45, 7) is 0.357. The van der Waals surface area contributed by atoms with E-state index in [9.17, 15) is 4.79 Å². The third-order valence-electron chi connectivity index (χ3n) is 3.44. The molecule has 1 N–H and O–H groups in total. The van der Waals surface area contributed by atoms with Crippen LogP contribution in [0.1, 0.15) is 15.9 Å². The number of benzene rings is 1.